The van der Waals surface area contributed by atoms with Gasteiger partial charge in [0.15, 0.2) is 0 Å². The molecule has 0 aromatic carbocycles. The molecule has 5 fully saturated rings. The summed E-state index contributed by atoms with van der Waals surface area (Å²) < 4.78 is 48.4. The number of alkyl halides is 3. The van der Waals surface area contributed by atoms with Gasteiger partial charge >= 0.3 is 6.18 Å². The molecule has 1 spiro atoms. The van der Waals surface area contributed by atoms with Crippen LogP contribution in [0.2, 0.25) is 0 Å². The summed E-state index contributed by atoms with van der Waals surface area (Å²) in [6.45, 7) is 6.78. The molecular weight excluding hydrogens is 407 g/mol. The summed E-state index contributed by atoms with van der Waals surface area (Å²) in [6.07, 6.45) is -2.11. The summed E-state index contributed by atoms with van der Waals surface area (Å²) in [5.41, 5.74) is 6.55. The van der Waals surface area contributed by atoms with Gasteiger partial charge in [-0.15, -0.1) is 0 Å². The van der Waals surface area contributed by atoms with Gasteiger partial charge in [0.25, 0.3) is 0 Å². The minimum Gasteiger partial charge on any atom is -0.383 e. The molecule has 9 heteroatoms. The molecule has 7 rings (SSSR count). The van der Waals surface area contributed by atoms with Gasteiger partial charge in [-0.3, -0.25) is 4.68 Å². The average molecular weight is 433 g/mol. The Kier molecular flexibility index (Phi) is 3.66. The second-order valence-electron chi connectivity index (χ2n) is 10.0. The highest BCUT2D eigenvalue weighted by molar-refractivity contribution is 5.65. The molecule has 31 heavy (non-hydrogen) atoms. The Morgan fingerprint density at radius 3 is 2.71 bits per heavy atom. The van der Waals surface area contributed by atoms with Crippen molar-refractivity contribution in [2.75, 3.05) is 32.5 Å². The lowest BCUT2D eigenvalue weighted by Gasteiger charge is -2.39. The van der Waals surface area contributed by atoms with Crippen LogP contribution in [-0.2, 0) is 16.3 Å². The zero-order valence-corrected chi connectivity index (χ0v) is 17.8. The van der Waals surface area contributed by atoms with E-state index in [0.29, 0.717) is 29.0 Å². The molecule has 5 atom stereocenters. The number of likely N-dealkylation sites (N-methyl/N-ethyl adjacent to an activating group) is 1. The zero-order chi connectivity index (χ0) is 21.9. The van der Waals surface area contributed by atoms with E-state index in [1.54, 1.807) is 0 Å². The largest absolute Gasteiger partial charge is 0.419 e. The Bertz CT molecular complexity index is 1080. The molecule has 5 aliphatic rings. The van der Waals surface area contributed by atoms with Crippen molar-refractivity contribution in [3.05, 3.63) is 29.6 Å². The maximum atomic E-state index is 13.3. The van der Waals surface area contributed by atoms with E-state index in [9.17, 15) is 13.2 Å². The summed E-state index contributed by atoms with van der Waals surface area (Å²) >= 11 is 0. The number of pyridine rings is 1. The van der Waals surface area contributed by atoms with Gasteiger partial charge in [0.1, 0.15) is 5.82 Å². The first kappa shape index (κ1) is 19.5. The Balaban J connectivity index is 1.39. The molecule has 1 aliphatic heterocycles. The lowest BCUT2D eigenvalue weighted by molar-refractivity contribution is -0.137. The number of nitrogen functional groups attached to an aromatic ring is 1. The highest BCUT2D eigenvalue weighted by atomic mass is 19.4. The molecule has 1 saturated heterocycles. The molecular formula is C22H26F3N5O. The first-order valence-corrected chi connectivity index (χ1v) is 10.9. The van der Waals surface area contributed by atoms with Crippen LogP contribution in [0.1, 0.15) is 37.6 Å². The van der Waals surface area contributed by atoms with Gasteiger partial charge in [-0.25, -0.2) is 4.98 Å². The van der Waals surface area contributed by atoms with Crippen molar-refractivity contribution in [1.82, 2.24) is 19.7 Å². The van der Waals surface area contributed by atoms with Crippen LogP contribution < -0.4 is 5.73 Å². The van der Waals surface area contributed by atoms with Crippen LogP contribution in [0.5, 0.6) is 0 Å². The lowest BCUT2D eigenvalue weighted by atomic mass is 9.94. The summed E-state index contributed by atoms with van der Waals surface area (Å²) in [4.78, 5) is 6.14. The molecule has 4 saturated carbocycles. The number of aromatic nitrogens is 3. The second-order valence-corrected chi connectivity index (χ2v) is 10.0. The topological polar surface area (TPSA) is 69.2 Å². The molecule has 2 aromatic rings. The molecule has 2 unspecified atom stereocenters. The minimum absolute atomic E-state index is 0.0712. The summed E-state index contributed by atoms with van der Waals surface area (Å²) in [6, 6.07) is 3.14. The zero-order valence-electron chi connectivity index (χ0n) is 17.8. The van der Waals surface area contributed by atoms with Gasteiger partial charge in [0.05, 0.1) is 23.5 Å². The van der Waals surface area contributed by atoms with E-state index in [0.717, 1.165) is 37.9 Å². The number of anilines is 1. The Labute approximate surface area is 178 Å². The SMILES string of the molecule is CC(C)n1nc(-c2cnc(N)c(C(F)(F)F)c2)cc1[C@@]12C3[C@H]1[C@H]2CC31CN(C)CCO1. The molecule has 0 amide bonds. The predicted molar refractivity (Wildman–Crippen MR) is 108 cm³/mol. The molecule has 166 valence electrons. The number of ether oxygens (including phenoxy) is 1. The summed E-state index contributed by atoms with van der Waals surface area (Å²) in [5.74, 6) is 1.16. The first-order valence-electron chi connectivity index (χ1n) is 10.9. The van der Waals surface area contributed by atoms with Crippen LogP contribution in [0.15, 0.2) is 18.3 Å². The molecule has 6 nitrogen and oxygen atoms in total. The summed E-state index contributed by atoms with van der Waals surface area (Å²) in [5, 5.41) is 4.73. The lowest BCUT2D eigenvalue weighted by Crippen LogP contribution is -2.50. The third-order valence-corrected chi connectivity index (χ3v) is 7.97. The molecule has 4 aliphatic carbocycles. The average Bonchev–Trinajstić information content (AvgIpc) is 3.32. The number of hydrogen-bond acceptors (Lipinski definition) is 5. The van der Waals surface area contributed by atoms with Crippen molar-refractivity contribution in [2.45, 2.75) is 43.5 Å². The van der Waals surface area contributed by atoms with E-state index < -0.39 is 17.6 Å². The van der Waals surface area contributed by atoms with Gasteiger partial charge in [0, 0.05) is 47.9 Å². The smallest absolute Gasteiger partial charge is 0.383 e. The molecule has 2 aromatic heterocycles. The highest BCUT2D eigenvalue weighted by Gasteiger charge is 2.97. The van der Waals surface area contributed by atoms with Crippen LogP contribution in [-0.4, -0.2) is 52.0 Å². The van der Waals surface area contributed by atoms with Crippen LogP contribution in [0.4, 0.5) is 19.0 Å². The van der Waals surface area contributed by atoms with Crippen molar-refractivity contribution < 1.29 is 17.9 Å². The Morgan fingerprint density at radius 2 is 2.06 bits per heavy atom. The highest BCUT2D eigenvalue weighted by Crippen LogP contribution is 2.94. The Morgan fingerprint density at radius 1 is 1.29 bits per heavy atom. The number of rotatable bonds is 3. The second kappa shape index (κ2) is 5.81. The molecule has 2 bridgehead atoms. The van der Waals surface area contributed by atoms with Gasteiger partial charge < -0.3 is 15.4 Å². The third kappa shape index (κ3) is 2.42. The van der Waals surface area contributed by atoms with E-state index in [2.05, 4.69) is 30.8 Å². The van der Waals surface area contributed by atoms with E-state index in [1.807, 2.05) is 10.7 Å². The van der Waals surface area contributed by atoms with E-state index >= 15 is 0 Å². The van der Waals surface area contributed by atoms with Gasteiger partial charge in [-0.2, -0.15) is 18.3 Å². The quantitative estimate of drug-likeness (QED) is 0.804. The maximum absolute atomic E-state index is 13.3. The van der Waals surface area contributed by atoms with Gasteiger partial charge in [-0.05, 0) is 51.3 Å². The minimum atomic E-state index is -4.55. The fourth-order valence-electron chi connectivity index (χ4n) is 6.76. The fraction of sp³-hybridized carbons (Fsp3) is 0.636. The van der Waals surface area contributed by atoms with Crippen LogP contribution >= 0.6 is 0 Å². The van der Waals surface area contributed by atoms with Crippen LogP contribution in [0.25, 0.3) is 11.3 Å². The van der Waals surface area contributed by atoms with E-state index in [4.69, 9.17) is 15.6 Å². The van der Waals surface area contributed by atoms with Crippen molar-refractivity contribution >= 4 is 5.82 Å². The standard InChI is InChI=1S/C22H26F3N5O/c1-11(2)30-16(7-15(28-30)12-6-13(22(23,24)25)19(26)27-9-12)21-14-8-20(18(21)17(14)21)10-29(3)4-5-31-20/h6-7,9,11,14,17-18H,4-5,8,10H2,1-3H3,(H2,26,27)/t14-,17-,18?,20?,21-/m1/s1. The number of nitrogens with zero attached hydrogens (tertiary/aromatic N) is 4. The number of morpholine rings is 1. The van der Waals surface area contributed by atoms with Crippen molar-refractivity contribution in [3.63, 3.8) is 0 Å². The predicted octanol–water partition coefficient (Wildman–Crippen LogP) is 3.35. The monoisotopic (exact) mass is 433 g/mol. The van der Waals surface area contributed by atoms with Gasteiger partial charge in [-0.1, -0.05) is 0 Å². The third-order valence-electron chi connectivity index (χ3n) is 7.97. The van der Waals surface area contributed by atoms with E-state index in [-0.39, 0.29) is 17.1 Å². The maximum Gasteiger partial charge on any atom is 0.419 e. The van der Waals surface area contributed by atoms with Crippen molar-refractivity contribution in [1.29, 1.82) is 0 Å². The molecule has 0 radical (unpaired) electrons. The number of nitrogens with two attached hydrogens (primary N) is 1. The van der Waals surface area contributed by atoms with Crippen LogP contribution in [0.3, 0.4) is 0 Å². The molecule has 2 N–H and O–H groups in total. The Hall–Kier alpha value is -2.13. The van der Waals surface area contributed by atoms with E-state index in [1.165, 1.54) is 6.20 Å². The number of hydrogen-bond donors (Lipinski definition) is 1. The normalized spacial score (nSPS) is 36.3. The number of halogens is 3. The van der Waals surface area contributed by atoms with Crippen molar-refractivity contribution in [3.8, 4) is 11.3 Å². The van der Waals surface area contributed by atoms with Crippen molar-refractivity contribution in [2.24, 2.45) is 17.8 Å². The van der Waals surface area contributed by atoms with Gasteiger partial charge in [0.2, 0.25) is 0 Å². The molecule has 3 heterocycles. The van der Waals surface area contributed by atoms with Crippen LogP contribution in [0, 0.1) is 17.8 Å². The fourth-order valence-corrected chi connectivity index (χ4v) is 6.76. The first-order chi connectivity index (χ1) is 14.6. The summed E-state index contributed by atoms with van der Waals surface area (Å²) in [7, 11) is 2.14.